The number of aliphatic hydroxyl groups is 2. The molecule has 196 valence electrons. The van der Waals surface area contributed by atoms with Crippen molar-refractivity contribution in [1.82, 2.24) is 0 Å². The van der Waals surface area contributed by atoms with Gasteiger partial charge in [0.1, 0.15) is 24.5 Å². The van der Waals surface area contributed by atoms with E-state index in [9.17, 15) is 28.2 Å². The molecule has 1 saturated carbocycles. The van der Waals surface area contributed by atoms with E-state index < -0.39 is 41.7 Å². The Bertz CT molecular complexity index is 1250. The lowest BCUT2D eigenvalue weighted by molar-refractivity contribution is -0.137. The van der Waals surface area contributed by atoms with Crippen LogP contribution < -0.4 is 19.3 Å². The number of rotatable bonds is 6. The Hall–Kier alpha value is -3.40. The number of carbonyl (C=O) groups is 1. The van der Waals surface area contributed by atoms with E-state index in [1.54, 1.807) is 29.2 Å². The number of ether oxygens (including phenoxy) is 2. The monoisotopic (exact) mass is 535 g/mol. The van der Waals surface area contributed by atoms with Crippen molar-refractivity contribution in [2.24, 2.45) is 0 Å². The second-order valence-corrected chi connectivity index (χ2v) is 9.30. The molecule has 0 amide bonds. The Balaban J connectivity index is 1.71. The number of aliphatic hydroxyl groups excluding tert-OH is 2. The SMILES string of the molecule is CN(C(=S)N(c1ccc2c(c1)OCC(C(O)CO)O2)C1(C=O)CCC1)c1ccc(C#N)c(C(F)(F)F)c1. The highest BCUT2D eigenvalue weighted by Crippen LogP contribution is 2.44. The standard InChI is InChI=1S/C25H24F3N3O5S/c1-30(16-4-3-15(11-29)18(9-16)25(26,27)28)23(37)31(24(14-33)7-2-8-24)17-5-6-20-21(10-17)35-13-22(36-20)19(34)12-32/h3-6,9-10,14,19,22,32,34H,2,7-8,12-13H2,1H3. The van der Waals surface area contributed by atoms with E-state index >= 15 is 0 Å². The van der Waals surface area contributed by atoms with Crippen LogP contribution >= 0.6 is 12.2 Å². The highest BCUT2D eigenvalue weighted by atomic mass is 32.1. The Labute approximate surface area is 216 Å². The van der Waals surface area contributed by atoms with Crippen LogP contribution in [-0.4, -0.2) is 59.6 Å². The average molecular weight is 536 g/mol. The summed E-state index contributed by atoms with van der Waals surface area (Å²) in [6, 6.07) is 9.69. The molecule has 8 nitrogen and oxygen atoms in total. The number of nitriles is 1. The van der Waals surface area contributed by atoms with Gasteiger partial charge in [-0.05, 0) is 61.8 Å². The lowest BCUT2D eigenvalue weighted by atomic mass is 9.76. The Morgan fingerprint density at radius 2 is 1.97 bits per heavy atom. The van der Waals surface area contributed by atoms with E-state index in [1.807, 2.05) is 0 Å². The molecule has 0 spiro atoms. The Morgan fingerprint density at radius 3 is 2.54 bits per heavy atom. The van der Waals surface area contributed by atoms with Gasteiger partial charge < -0.3 is 34.3 Å². The minimum absolute atomic E-state index is 0.0210. The van der Waals surface area contributed by atoms with Crippen LogP contribution in [0.2, 0.25) is 0 Å². The van der Waals surface area contributed by atoms with Crippen molar-refractivity contribution >= 4 is 35.0 Å². The summed E-state index contributed by atoms with van der Waals surface area (Å²) < 4.78 is 52.1. The van der Waals surface area contributed by atoms with Crippen molar-refractivity contribution in [3.8, 4) is 17.6 Å². The molecular weight excluding hydrogens is 511 g/mol. The van der Waals surface area contributed by atoms with E-state index in [4.69, 9.17) is 27.0 Å². The summed E-state index contributed by atoms with van der Waals surface area (Å²) in [7, 11) is 1.49. The fourth-order valence-electron chi connectivity index (χ4n) is 4.35. The number of carbonyl (C=O) groups excluding carboxylic acids is 1. The van der Waals surface area contributed by atoms with E-state index in [2.05, 4.69) is 0 Å². The molecule has 1 aliphatic carbocycles. The summed E-state index contributed by atoms with van der Waals surface area (Å²) in [5.74, 6) is 0.648. The summed E-state index contributed by atoms with van der Waals surface area (Å²) in [4.78, 5) is 15.2. The maximum atomic E-state index is 13.6. The zero-order valence-corrected chi connectivity index (χ0v) is 20.6. The number of nitrogens with zero attached hydrogens (tertiary/aromatic N) is 3. The molecule has 2 N–H and O–H groups in total. The second kappa shape index (κ2) is 10.2. The van der Waals surface area contributed by atoms with Crippen molar-refractivity contribution in [2.45, 2.75) is 43.2 Å². The number of fused-ring (bicyclic) bond motifs is 1. The molecule has 4 rings (SSSR count). The summed E-state index contributed by atoms with van der Waals surface area (Å²) >= 11 is 5.71. The second-order valence-electron chi connectivity index (χ2n) is 8.94. The van der Waals surface area contributed by atoms with Crippen LogP contribution in [0, 0.1) is 11.3 Å². The van der Waals surface area contributed by atoms with Crippen molar-refractivity contribution < 1.29 is 37.7 Å². The normalized spacial score (nSPS) is 18.7. The zero-order valence-electron chi connectivity index (χ0n) is 19.7. The number of alkyl halides is 3. The number of hydrogen-bond donors (Lipinski definition) is 2. The summed E-state index contributed by atoms with van der Waals surface area (Å²) in [5.41, 5.74) is -2.02. The van der Waals surface area contributed by atoms with Crippen LogP contribution in [-0.2, 0) is 11.0 Å². The van der Waals surface area contributed by atoms with E-state index in [0.29, 0.717) is 30.0 Å². The van der Waals surface area contributed by atoms with Crippen molar-refractivity contribution in [1.29, 1.82) is 5.26 Å². The van der Waals surface area contributed by atoms with Crippen molar-refractivity contribution in [2.75, 3.05) is 30.1 Å². The average Bonchev–Trinajstić information content (AvgIpc) is 2.87. The molecule has 1 aliphatic heterocycles. The van der Waals surface area contributed by atoms with Gasteiger partial charge in [0, 0.05) is 24.5 Å². The molecule has 0 bridgehead atoms. The third kappa shape index (κ3) is 4.94. The van der Waals surface area contributed by atoms with E-state index in [1.165, 1.54) is 18.0 Å². The van der Waals surface area contributed by atoms with Gasteiger partial charge in [-0.15, -0.1) is 0 Å². The lowest BCUT2D eigenvalue weighted by Gasteiger charge is -2.49. The van der Waals surface area contributed by atoms with Gasteiger partial charge in [0.05, 0.1) is 23.8 Å². The first-order valence-electron chi connectivity index (χ1n) is 11.4. The quantitative estimate of drug-likeness (QED) is 0.425. The van der Waals surface area contributed by atoms with Gasteiger partial charge in [-0.2, -0.15) is 18.4 Å². The third-order valence-corrected chi connectivity index (χ3v) is 7.12. The molecule has 1 heterocycles. The van der Waals surface area contributed by atoms with Gasteiger partial charge in [0.25, 0.3) is 0 Å². The molecule has 0 radical (unpaired) electrons. The van der Waals surface area contributed by atoms with Gasteiger partial charge >= 0.3 is 6.18 Å². The number of halogens is 3. The highest BCUT2D eigenvalue weighted by molar-refractivity contribution is 7.80. The van der Waals surface area contributed by atoms with Gasteiger partial charge in [-0.3, -0.25) is 0 Å². The van der Waals surface area contributed by atoms with Crippen LogP contribution in [0.4, 0.5) is 24.5 Å². The summed E-state index contributed by atoms with van der Waals surface area (Å²) in [6.07, 6.45) is -4.09. The fraction of sp³-hybridized carbons (Fsp3) is 0.400. The maximum absolute atomic E-state index is 13.6. The maximum Gasteiger partial charge on any atom is 0.417 e. The predicted molar refractivity (Wildman–Crippen MR) is 132 cm³/mol. The summed E-state index contributed by atoms with van der Waals surface area (Å²) in [5, 5.41) is 28.2. The first-order chi connectivity index (χ1) is 17.5. The van der Waals surface area contributed by atoms with Crippen molar-refractivity contribution in [3.63, 3.8) is 0 Å². The Kier molecular flexibility index (Phi) is 7.32. The third-order valence-electron chi connectivity index (χ3n) is 6.66. The molecule has 2 aromatic carbocycles. The summed E-state index contributed by atoms with van der Waals surface area (Å²) in [6.45, 7) is -0.518. The topological polar surface area (TPSA) is 106 Å². The van der Waals surface area contributed by atoms with E-state index in [-0.39, 0.29) is 17.4 Å². The largest absolute Gasteiger partial charge is 0.486 e. The molecule has 2 unspecified atom stereocenters. The number of benzene rings is 2. The first-order valence-corrected chi connectivity index (χ1v) is 11.8. The minimum Gasteiger partial charge on any atom is -0.486 e. The van der Waals surface area contributed by atoms with Crippen molar-refractivity contribution in [3.05, 3.63) is 47.5 Å². The van der Waals surface area contributed by atoms with Gasteiger partial charge in [-0.1, -0.05) is 0 Å². The number of hydrogen-bond acceptors (Lipinski definition) is 7. The lowest BCUT2D eigenvalue weighted by Crippen LogP contribution is -2.60. The molecule has 0 aromatic heterocycles. The molecule has 2 aromatic rings. The molecule has 12 heteroatoms. The van der Waals surface area contributed by atoms with Crippen LogP contribution in [0.3, 0.4) is 0 Å². The molecule has 37 heavy (non-hydrogen) atoms. The van der Waals surface area contributed by atoms with Crippen LogP contribution in [0.1, 0.15) is 30.4 Å². The number of anilines is 2. The first kappa shape index (κ1) is 26.7. The molecule has 2 atom stereocenters. The smallest absolute Gasteiger partial charge is 0.417 e. The zero-order chi connectivity index (χ0) is 27.0. The highest BCUT2D eigenvalue weighted by Gasteiger charge is 2.46. The molecule has 2 aliphatic rings. The Morgan fingerprint density at radius 1 is 1.27 bits per heavy atom. The van der Waals surface area contributed by atoms with Crippen LogP contribution in [0.15, 0.2) is 36.4 Å². The van der Waals surface area contributed by atoms with Crippen LogP contribution in [0.5, 0.6) is 11.5 Å². The van der Waals surface area contributed by atoms with E-state index in [0.717, 1.165) is 24.8 Å². The van der Waals surface area contributed by atoms with Gasteiger partial charge in [0.15, 0.2) is 22.7 Å². The number of aldehydes is 1. The predicted octanol–water partition coefficient (Wildman–Crippen LogP) is 3.42. The molecule has 1 fully saturated rings. The minimum atomic E-state index is -4.74. The van der Waals surface area contributed by atoms with Gasteiger partial charge in [0.2, 0.25) is 0 Å². The van der Waals surface area contributed by atoms with Gasteiger partial charge in [-0.25, -0.2) is 0 Å². The van der Waals surface area contributed by atoms with Crippen LogP contribution in [0.25, 0.3) is 0 Å². The molecular formula is C25H24F3N3O5S. The number of thiocarbonyl (C=S) groups is 1. The fourth-order valence-corrected chi connectivity index (χ4v) is 4.74. The molecule has 0 saturated heterocycles.